The van der Waals surface area contributed by atoms with Crippen LogP contribution in [0.4, 0.5) is 0 Å². The standard InChI is InChI=1S/C11H13N5S/c17-11-13-3-8-5-16(2-1-10(8)15-11)6-9-4-12-7-14-9/h3-4,7H,1-2,5-6H2,(H,12,14)(H,13,15,17). The topological polar surface area (TPSA) is 60.6 Å². The Bertz CT molecular complexity index is 559. The third kappa shape index (κ3) is 2.27. The van der Waals surface area contributed by atoms with Crippen LogP contribution in [-0.4, -0.2) is 31.4 Å². The van der Waals surface area contributed by atoms with Gasteiger partial charge in [-0.3, -0.25) is 4.90 Å². The van der Waals surface area contributed by atoms with Crippen LogP contribution in [0.2, 0.25) is 0 Å². The molecule has 1 aliphatic rings. The number of nitrogens with zero attached hydrogens (tertiary/aromatic N) is 3. The summed E-state index contributed by atoms with van der Waals surface area (Å²) in [5, 5.41) is 0. The normalized spacial score (nSPS) is 15.8. The molecule has 0 saturated heterocycles. The van der Waals surface area contributed by atoms with Crippen LogP contribution in [0.15, 0.2) is 18.7 Å². The molecule has 0 aromatic carbocycles. The molecule has 0 saturated carbocycles. The van der Waals surface area contributed by atoms with Crippen LogP contribution in [0.5, 0.6) is 0 Å². The van der Waals surface area contributed by atoms with E-state index in [2.05, 4.69) is 24.8 Å². The van der Waals surface area contributed by atoms with Gasteiger partial charge in [0.15, 0.2) is 4.77 Å². The highest BCUT2D eigenvalue weighted by Gasteiger charge is 2.17. The average molecular weight is 247 g/mol. The van der Waals surface area contributed by atoms with Crippen molar-refractivity contribution in [3.05, 3.63) is 40.4 Å². The summed E-state index contributed by atoms with van der Waals surface area (Å²) in [6, 6.07) is 0. The van der Waals surface area contributed by atoms with E-state index >= 15 is 0 Å². The number of aromatic amines is 2. The van der Waals surface area contributed by atoms with Gasteiger partial charge in [0.2, 0.25) is 0 Å². The van der Waals surface area contributed by atoms with Crippen LogP contribution in [0.25, 0.3) is 0 Å². The Labute approximate surface area is 104 Å². The zero-order valence-electron chi connectivity index (χ0n) is 9.31. The van der Waals surface area contributed by atoms with Gasteiger partial charge in [-0.15, -0.1) is 0 Å². The van der Waals surface area contributed by atoms with Crippen molar-refractivity contribution in [1.82, 2.24) is 24.8 Å². The highest BCUT2D eigenvalue weighted by molar-refractivity contribution is 7.71. The number of rotatable bonds is 2. The maximum Gasteiger partial charge on any atom is 0.196 e. The predicted molar refractivity (Wildman–Crippen MR) is 65.8 cm³/mol. The Hall–Kier alpha value is -1.53. The van der Waals surface area contributed by atoms with Crippen molar-refractivity contribution in [3.8, 4) is 0 Å². The predicted octanol–water partition coefficient (Wildman–Crippen LogP) is 1.42. The van der Waals surface area contributed by atoms with Gasteiger partial charge in [0.05, 0.1) is 6.33 Å². The van der Waals surface area contributed by atoms with Crippen LogP contribution in [0.1, 0.15) is 17.0 Å². The van der Waals surface area contributed by atoms with E-state index in [1.54, 1.807) is 6.33 Å². The van der Waals surface area contributed by atoms with Crippen LogP contribution >= 0.6 is 12.2 Å². The number of fused-ring (bicyclic) bond motifs is 1. The number of hydrogen-bond acceptors (Lipinski definition) is 4. The van der Waals surface area contributed by atoms with Crippen LogP contribution in [0, 0.1) is 4.77 Å². The largest absolute Gasteiger partial charge is 0.347 e. The van der Waals surface area contributed by atoms with E-state index in [1.165, 1.54) is 11.3 Å². The Balaban J connectivity index is 1.76. The van der Waals surface area contributed by atoms with Crippen LogP contribution in [-0.2, 0) is 19.5 Å². The van der Waals surface area contributed by atoms with Gasteiger partial charge in [-0.1, -0.05) is 0 Å². The molecule has 2 aromatic heterocycles. The molecule has 3 heterocycles. The van der Waals surface area contributed by atoms with Gasteiger partial charge in [-0.05, 0) is 12.2 Å². The van der Waals surface area contributed by atoms with Crippen molar-refractivity contribution in [1.29, 1.82) is 0 Å². The fourth-order valence-corrected chi connectivity index (χ4v) is 2.33. The zero-order valence-corrected chi connectivity index (χ0v) is 10.1. The highest BCUT2D eigenvalue weighted by atomic mass is 32.1. The first-order valence-corrected chi connectivity index (χ1v) is 5.99. The molecule has 17 heavy (non-hydrogen) atoms. The molecule has 2 N–H and O–H groups in total. The summed E-state index contributed by atoms with van der Waals surface area (Å²) in [6.45, 7) is 2.84. The van der Waals surface area contributed by atoms with E-state index < -0.39 is 0 Å². The summed E-state index contributed by atoms with van der Waals surface area (Å²) in [5.41, 5.74) is 3.61. The number of H-pyrrole nitrogens is 2. The van der Waals surface area contributed by atoms with Crippen LogP contribution in [0.3, 0.4) is 0 Å². The third-order valence-electron chi connectivity index (χ3n) is 3.00. The fraction of sp³-hybridized carbons (Fsp3) is 0.364. The SMILES string of the molecule is S=c1ncc2c([nH]1)CCN(Cc1cnc[nH]1)C2. The van der Waals surface area contributed by atoms with Crippen molar-refractivity contribution in [2.24, 2.45) is 0 Å². The van der Waals surface area contributed by atoms with Crippen molar-refractivity contribution in [2.75, 3.05) is 6.54 Å². The number of imidazole rings is 1. The summed E-state index contributed by atoms with van der Waals surface area (Å²) in [4.78, 5) is 16.8. The van der Waals surface area contributed by atoms with Gasteiger partial charge in [0.25, 0.3) is 0 Å². The molecule has 1 aliphatic heterocycles. The van der Waals surface area contributed by atoms with E-state index in [9.17, 15) is 0 Å². The Morgan fingerprint density at radius 2 is 2.35 bits per heavy atom. The lowest BCUT2D eigenvalue weighted by Crippen LogP contribution is -2.31. The molecule has 6 heteroatoms. The second-order valence-corrected chi connectivity index (χ2v) is 4.62. The summed E-state index contributed by atoms with van der Waals surface area (Å²) < 4.78 is 0.575. The summed E-state index contributed by atoms with van der Waals surface area (Å²) in [6.07, 6.45) is 6.46. The van der Waals surface area contributed by atoms with Gasteiger partial charge >= 0.3 is 0 Å². The summed E-state index contributed by atoms with van der Waals surface area (Å²) in [7, 11) is 0. The maximum atomic E-state index is 5.03. The van der Waals surface area contributed by atoms with Crippen molar-refractivity contribution >= 4 is 12.2 Å². The first-order valence-electron chi connectivity index (χ1n) is 5.58. The number of nitrogens with one attached hydrogen (secondary N) is 2. The van der Waals surface area contributed by atoms with Crippen molar-refractivity contribution in [3.63, 3.8) is 0 Å². The minimum Gasteiger partial charge on any atom is -0.347 e. The highest BCUT2D eigenvalue weighted by Crippen LogP contribution is 2.17. The molecule has 0 amide bonds. The van der Waals surface area contributed by atoms with Gasteiger partial charge in [-0.25, -0.2) is 9.97 Å². The fourth-order valence-electron chi connectivity index (χ4n) is 2.15. The quantitative estimate of drug-likeness (QED) is 0.788. The van der Waals surface area contributed by atoms with Gasteiger partial charge in [-0.2, -0.15) is 0 Å². The third-order valence-corrected chi connectivity index (χ3v) is 3.21. The lowest BCUT2D eigenvalue weighted by molar-refractivity contribution is 0.240. The van der Waals surface area contributed by atoms with E-state index in [4.69, 9.17) is 12.2 Å². The summed E-state index contributed by atoms with van der Waals surface area (Å²) in [5.74, 6) is 0. The molecule has 88 valence electrons. The van der Waals surface area contributed by atoms with Gasteiger partial charge in [0.1, 0.15) is 0 Å². The van der Waals surface area contributed by atoms with E-state index in [1.807, 2.05) is 12.4 Å². The minimum absolute atomic E-state index is 0.575. The molecule has 0 atom stereocenters. The van der Waals surface area contributed by atoms with Crippen LogP contribution < -0.4 is 0 Å². The lowest BCUT2D eigenvalue weighted by Gasteiger charge is -2.27. The number of aromatic nitrogens is 4. The molecular formula is C11H13N5S. The van der Waals surface area contributed by atoms with E-state index in [-0.39, 0.29) is 0 Å². The van der Waals surface area contributed by atoms with Gasteiger partial charge in [0, 0.05) is 55.4 Å². The van der Waals surface area contributed by atoms with E-state index in [0.29, 0.717) is 4.77 Å². The van der Waals surface area contributed by atoms with Crippen molar-refractivity contribution < 1.29 is 0 Å². The second kappa shape index (κ2) is 4.38. The molecule has 0 spiro atoms. The first-order chi connectivity index (χ1) is 8.31. The molecule has 0 unspecified atom stereocenters. The maximum absolute atomic E-state index is 5.03. The molecule has 0 radical (unpaired) electrons. The van der Waals surface area contributed by atoms with Gasteiger partial charge < -0.3 is 9.97 Å². The Morgan fingerprint density at radius 3 is 3.18 bits per heavy atom. The zero-order chi connectivity index (χ0) is 11.7. The monoisotopic (exact) mass is 247 g/mol. The molecule has 5 nitrogen and oxygen atoms in total. The molecule has 0 bridgehead atoms. The molecule has 2 aromatic rings. The average Bonchev–Trinajstić information content (AvgIpc) is 2.82. The molecule has 0 aliphatic carbocycles. The van der Waals surface area contributed by atoms with E-state index in [0.717, 1.165) is 31.7 Å². The Kier molecular flexibility index (Phi) is 2.74. The smallest absolute Gasteiger partial charge is 0.196 e. The first kappa shape index (κ1) is 10.6. The minimum atomic E-state index is 0.575. The van der Waals surface area contributed by atoms with Crippen molar-refractivity contribution in [2.45, 2.75) is 19.5 Å². The molecular weight excluding hydrogens is 234 g/mol. The second-order valence-electron chi connectivity index (χ2n) is 4.23. The summed E-state index contributed by atoms with van der Waals surface area (Å²) >= 11 is 5.03. The number of hydrogen-bond donors (Lipinski definition) is 2. The Morgan fingerprint density at radius 1 is 1.41 bits per heavy atom. The lowest BCUT2D eigenvalue weighted by atomic mass is 10.1. The molecule has 3 rings (SSSR count). The molecule has 0 fully saturated rings.